The van der Waals surface area contributed by atoms with Gasteiger partial charge in [-0.3, -0.25) is 0 Å². The number of benzene rings is 1. The molecule has 132 valence electrons. The first-order valence-corrected chi connectivity index (χ1v) is 8.02. The summed E-state index contributed by atoms with van der Waals surface area (Å²) < 4.78 is 2.01. The van der Waals surface area contributed by atoms with Crippen LogP contribution in [-0.2, 0) is 20.0 Å². The zero-order valence-electron chi connectivity index (χ0n) is 14.3. The van der Waals surface area contributed by atoms with Crippen LogP contribution in [0.3, 0.4) is 0 Å². The van der Waals surface area contributed by atoms with E-state index in [2.05, 4.69) is 27.9 Å². The zero-order valence-corrected chi connectivity index (χ0v) is 16.6. The van der Waals surface area contributed by atoms with Crippen molar-refractivity contribution in [2.45, 2.75) is 26.0 Å². The number of nitrogens with zero attached hydrogens (tertiary/aromatic N) is 2. The van der Waals surface area contributed by atoms with Crippen LogP contribution in [0, 0.1) is 0 Å². The summed E-state index contributed by atoms with van der Waals surface area (Å²) in [6.07, 6.45) is 4.25. The minimum atomic E-state index is -0.446. The van der Waals surface area contributed by atoms with Crippen LogP contribution in [0.15, 0.2) is 53.8 Å². The molecule has 0 fully saturated rings. The van der Waals surface area contributed by atoms with E-state index in [9.17, 15) is 5.11 Å². The minimum Gasteiger partial charge on any atom is -0.391 e. The third-order valence-corrected chi connectivity index (χ3v) is 3.48. The summed E-state index contributed by atoms with van der Waals surface area (Å²) in [5.74, 6) is 0.725. The van der Waals surface area contributed by atoms with Crippen LogP contribution in [0.2, 0.25) is 0 Å². The number of hydrogen-bond acceptors (Lipinski definition) is 2. The Bertz CT molecular complexity index is 612. The number of guanidine groups is 1. The number of hydrogen-bond donors (Lipinski definition) is 3. The molecule has 0 amide bonds. The van der Waals surface area contributed by atoms with Gasteiger partial charge in [0.05, 0.1) is 12.6 Å². The molecule has 0 bridgehead atoms. The maximum absolute atomic E-state index is 10.2. The van der Waals surface area contributed by atoms with E-state index in [0.717, 1.165) is 23.6 Å². The zero-order chi connectivity index (χ0) is 16.5. The molecule has 2 aromatic rings. The van der Waals surface area contributed by atoms with E-state index < -0.39 is 6.10 Å². The lowest BCUT2D eigenvalue weighted by Crippen LogP contribution is -2.41. The number of aromatic nitrogens is 1. The highest BCUT2D eigenvalue weighted by atomic mass is 127. The first kappa shape index (κ1) is 20.5. The monoisotopic (exact) mass is 442 g/mol. The first-order chi connectivity index (χ1) is 11.2. The van der Waals surface area contributed by atoms with Gasteiger partial charge in [0.1, 0.15) is 0 Å². The Hall–Kier alpha value is -1.54. The number of aryl methyl sites for hydroxylation is 1. The quantitative estimate of drug-likeness (QED) is 0.351. The smallest absolute Gasteiger partial charge is 0.191 e. The number of aliphatic hydroxyl groups is 1. The molecule has 0 radical (unpaired) electrons. The number of nitrogens with one attached hydrogen (secondary N) is 2. The van der Waals surface area contributed by atoms with E-state index >= 15 is 0 Å². The molecule has 1 aromatic carbocycles. The molecule has 1 aromatic heterocycles. The average Bonchev–Trinajstić information content (AvgIpc) is 2.96. The summed E-state index contributed by atoms with van der Waals surface area (Å²) >= 11 is 0. The minimum absolute atomic E-state index is 0. The van der Waals surface area contributed by atoms with Gasteiger partial charge in [-0.15, -0.1) is 24.0 Å². The van der Waals surface area contributed by atoms with Gasteiger partial charge in [0.2, 0.25) is 0 Å². The highest BCUT2D eigenvalue weighted by molar-refractivity contribution is 14.0. The van der Waals surface area contributed by atoms with Crippen LogP contribution in [0.5, 0.6) is 0 Å². The van der Waals surface area contributed by atoms with Gasteiger partial charge in [-0.25, -0.2) is 4.99 Å². The number of aliphatic imine (C=N–C) groups is 1. The highest BCUT2D eigenvalue weighted by Gasteiger charge is 2.07. The lowest BCUT2D eigenvalue weighted by Gasteiger charge is -2.15. The summed E-state index contributed by atoms with van der Waals surface area (Å²) in [6, 6.07) is 12.1. The Labute approximate surface area is 161 Å². The van der Waals surface area contributed by atoms with E-state index in [4.69, 9.17) is 0 Å². The van der Waals surface area contributed by atoms with Gasteiger partial charge in [-0.2, -0.15) is 0 Å². The summed E-state index contributed by atoms with van der Waals surface area (Å²) in [5, 5.41) is 16.6. The van der Waals surface area contributed by atoms with Crippen molar-refractivity contribution in [1.29, 1.82) is 0 Å². The lowest BCUT2D eigenvalue weighted by molar-refractivity contribution is 0.177. The highest BCUT2D eigenvalue weighted by Crippen LogP contribution is 2.03. The van der Waals surface area contributed by atoms with Crippen molar-refractivity contribution in [3.63, 3.8) is 0 Å². The number of rotatable bonds is 7. The molecule has 1 atom stereocenters. The second kappa shape index (κ2) is 11.1. The van der Waals surface area contributed by atoms with Crippen LogP contribution in [0.25, 0.3) is 0 Å². The van der Waals surface area contributed by atoms with Crippen LogP contribution < -0.4 is 10.6 Å². The average molecular weight is 442 g/mol. The molecule has 0 aliphatic carbocycles. The number of aliphatic hydroxyl groups excluding tert-OH is 1. The lowest BCUT2D eigenvalue weighted by atomic mass is 10.1. The molecule has 24 heavy (non-hydrogen) atoms. The van der Waals surface area contributed by atoms with Gasteiger partial charge in [0, 0.05) is 39.0 Å². The van der Waals surface area contributed by atoms with E-state index in [1.807, 2.05) is 55.1 Å². The van der Waals surface area contributed by atoms with Crippen molar-refractivity contribution in [1.82, 2.24) is 15.2 Å². The van der Waals surface area contributed by atoms with Gasteiger partial charge < -0.3 is 20.3 Å². The van der Waals surface area contributed by atoms with Gasteiger partial charge in [-0.05, 0) is 24.1 Å². The van der Waals surface area contributed by atoms with Gasteiger partial charge in [-0.1, -0.05) is 30.3 Å². The Morgan fingerprint density at radius 3 is 2.54 bits per heavy atom. The summed E-state index contributed by atoms with van der Waals surface area (Å²) in [7, 11) is 2.00. The molecule has 2 rings (SSSR count). The second-order valence-electron chi connectivity index (χ2n) is 5.60. The molecular formula is C18H27IN4O. The SMILES string of the molecule is CCNC(=NCc1ccn(C)c1)NCC(O)Cc1ccccc1.I. The van der Waals surface area contributed by atoms with Crippen LogP contribution >= 0.6 is 24.0 Å². The second-order valence-corrected chi connectivity index (χ2v) is 5.60. The van der Waals surface area contributed by atoms with Crippen molar-refractivity contribution < 1.29 is 5.11 Å². The van der Waals surface area contributed by atoms with Crippen molar-refractivity contribution in [2.24, 2.45) is 12.0 Å². The maximum atomic E-state index is 10.2. The summed E-state index contributed by atoms with van der Waals surface area (Å²) in [5.41, 5.74) is 2.29. The molecule has 3 N–H and O–H groups in total. The largest absolute Gasteiger partial charge is 0.391 e. The summed E-state index contributed by atoms with van der Waals surface area (Å²) in [6.45, 7) is 3.90. The van der Waals surface area contributed by atoms with Crippen molar-refractivity contribution in [3.8, 4) is 0 Å². The molecule has 6 heteroatoms. The van der Waals surface area contributed by atoms with Gasteiger partial charge >= 0.3 is 0 Å². The molecule has 0 saturated carbocycles. The molecule has 0 spiro atoms. The standard InChI is InChI=1S/C18H26N4O.HI/c1-3-19-18(20-12-16-9-10-22(2)14-16)21-13-17(23)11-15-7-5-4-6-8-15;/h4-10,14,17,23H,3,11-13H2,1-2H3,(H2,19,20,21);1H. The van der Waals surface area contributed by atoms with Crippen molar-refractivity contribution in [2.75, 3.05) is 13.1 Å². The summed E-state index contributed by atoms with van der Waals surface area (Å²) in [4.78, 5) is 4.55. The maximum Gasteiger partial charge on any atom is 0.191 e. The van der Waals surface area contributed by atoms with E-state index in [0.29, 0.717) is 19.5 Å². The fourth-order valence-corrected chi connectivity index (χ4v) is 2.34. The Morgan fingerprint density at radius 2 is 1.92 bits per heavy atom. The topological polar surface area (TPSA) is 61.6 Å². The molecular weight excluding hydrogens is 415 g/mol. The first-order valence-electron chi connectivity index (χ1n) is 8.02. The van der Waals surface area contributed by atoms with Gasteiger partial charge in [0.25, 0.3) is 0 Å². The predicted molar refractivity (Wildman–Crippen MR) is 110 cm³/mol. The van der Waals surface area contributed by atoms with Crippen LogP contribution in [0.4, 0.5) is 0 Å². The molecule has 0 aliphatic heterocycles. The molecule has 0 aliphatic rings. The molecule has 1 heterocycles. The normalized spacial score (nSPS) is 12.4. The van der Waals surface area contributed by atoms with E-state index in [1.165, 1.54) is 0 Å². The molecule has 0 saturated heterocycles. The van der Waals surface area contributed by atoms with E-state index in [-0.39, 0.29) is 24.0 Å². The predicted octanol–water partition coefficient (Wildman–Crippen LogP) is 2.30. The van der Waals surface area contributed by atoms with E-state index in [1.54, 1.807) is 0 Å². The van der Waals surface area contributed by atoms with Crippen molar-refractivity contribution >= 4 is 29.9 Å². The van der Waals surface area contributed by atoms with Crippen LogP contribution in [-0.4, -0.2) is 34.8 Å². The number of halogens is 1. The fraction of sp³-hybridized carbons (Fsp3) is 0.389. The Kier molecular flexibility index (Phi) is 9.48. The van der Waals surface area contributed by atoms with Crippen molar-refractivity contribution in [3.05, 3.63) is 59.9 Å². The molecule has 1 unspecified atom stereocenters. The van der Waals surface area contributed by atoms with Gasteiger partial charge in [0.15, 0.2) is 5.96 Å². The third kappa shape index (κ3) is 7.35. The van der Waals surface area contributed by atoms with Crippen LogP contribution in [0.1, 0.15) is 18.1 Å². The molecule has 5 nitrogen and oxygen atoms in total. The Morgan fingerprint density at radius 1 is 1.17 bits per heavy atom. The Balaban J connectivity index is 0.00000288. The fourth-order valence-electron chi connectivity index (χ4n) is 2.34. The third-order valence-electron chi connectivity index (χ3n) is 3.48.